The Hall–Kier alpha value is -1.02. The number of aromatic nitrogens is 1. The highest BCUT2D eigenvalue weighted by atomic mass is 32.1. The smallest absolute Gasteiger partial charge is 0.0463 e. The quantitative estimate of drug-likeness (QED) is 0.537. The van der Waals surface area contributed by atoms with E-state index < -0.39 is 0 Å². The summed E-state index contributed by atoms with van der Waals surface area (Å²) in [7, 11) is 1.99. The van der Waals surface area contributed by atoms with Crippen LogP contribution in [0.1, 0.15) is 0 Å². The average Bonchev–Trinajstić information content (AvgIpc) is 2.30. The standard InChI is InChI=1S/C9H9NS/c1-10-8-5-3-2-4-7(8)6-9(10)11/h2-6,11H,1H3/p-1. The molecule has 0 aliphatic heterocycles. The molecule has 0 radical (unpaired) electrons. The molecule has 11 heavy (non-hydrogen) atoms. The van der Waals surface area contributed by atoms with Crippen LogP contribution in [-0.2, 0) is 19.7 Å². The second-order valence-corrected chi connectivity index (χ2v) is 3.02. The lowest BCUT2D eigenvalue weighted by Gasteiger charge is -2.05. The van der Waals surface area contributed by atoms with Gasteiger partial charge in [0.2, 0.25) is 0 Å². The Morgan fingerprint density at radius 2 is 2.00 bits per heavy atom. The second-order valence-electron chi connectivity index (χ2n) is 2.60. The van der Waals surface area contributed by atoms with Gasteiger partial charge in [-0.3, -0.25) is 0 Å². The Bertz CT molecular complexity index is 389. The van der Waals surface area contributed by atoms with Gasteiger partial charge in [0.15, 0.2) is 0 Å². The molecule has 0 atom stereocenters. The molecule has 1 heterocycles. The van der Waals surface area contributed by atoms with Gasteiger partial charge in [0, 0.05) is 12.6 Å². The molecule has 0 N–H and O–H groups in total. The normalized spacial score (nSPS) is 10.6. The van der Waals surface area contributed by atoms with Gasteiger partial charge in [0.1, 0.15) is 0 Å². The molecule has 2 rings (SSSR count). The summed E-state index contributed by atoms with van der Waals surface area (Å²) in [5.41, 5.74) is 1.21. The largest absolute Gasteiger partial charge is 0.762 e. The summed E-state index contributed by atoms with van der Waals surface area (Å²) >= 11 is 5.12. The van der Waals surface area contributed by atoms with Crippen molar-refractivity contribution in [2.45, 2.75) is 5.03 Å². The van der Waals surface area contributed by atoms with Crippen LogP contribution < -0.4 is 0 Å². The molecule has 2 heteroatoms. The van der Waals surface area contributed by atoms with E-state index in [1.165, 1.54) is 10.9 Å². The predicted octanol–water partition coefficient (Wildman–Crippen LogP) is 2.08. The van der Waals surface area contributed by atoms with Gasteiger partial charge in [-0.15, -0.1) is 5.03 Å². The molecule has 56 valence electrons. The number of aryl methyl sites for hydroxylation is 1. The maximum Gasteiger partial charge on any atom is 0.0463 e. The number of hydrogen-bond donors (Lipinski definition) is 0. The Kier molecular flexibility index (Phi) is 1.36. The van der Waals surface area contributed by atoms with E-state index in [2.05, 4.69) is 12.1 Å². The number of rotatable bonds is 0. The Labute approximate surface area is 71.1 Å². The van der Waals surface area contributed by atoms with Crippen LogP contribution in [0.3, 0.4) is 0 Å². The van der Waals surface area contributed by atoms with Gasteiger partial charge in [-0.05, 0) is 11.5 Å². The minimum absolute atomic E-state index is 0.895. The first-order valence-corrected chi connectivity index (χ1v) is 3.91. The average molecular weight is 162 g/mol. The molecule has 0 saturated carbocycles. The van der Waals surface area contributed by atoms with Crippen molar-refractivity contribution < 1.29 is 0 Å². The van der Waals surface area contributed by atoms with Crippen LogP contribution in [0.2, 0.25) is 0 Å². The van der Waals surface area contributed by atoms with Crippen molar-refractivity contribution in [2.24, 2.45) is 7.05 Å². The zero-order valence-electron chi connectivity index (χ0n) is 6.24. The van der Waals surface area contributed by atoms with E-state index in [4.69, 9.17) is 12.6 Å². The molecule has 0 saturated heterocycles. The van der Waals surface area contributed by atoms with Crippen molar-refractivity contribution in [2.75, 3.05) is 0 Å². The summed E-state index contributed by atoms with van der Waals surface area (Å²) in [6, 6.07) is 10.2. The Morgan fingerprint density at radius 3 is 2.73 bits per heavy atom. The first kappa shape index (κ1) is 6.68. The maximum atomic E-state index is 5.12. The monoisotopic (exact) mass is 162 g/mol. The van der Waals surface area contributed by atoms with Gasteiger partial charge in [-0.1, -0.05) is 24.3 Å². The van der Waals surface area contributed by atoms with E-state index in [0.29, 0.717) is 0 Å². The van der Waals surface area contributed by atoms with Crippen LogP contribution in [-0.4, -0.2) is 4.57 Å². The molecule has 0 fully saturated rings. The van der Waals surface area contributed by atoms with Crippen molar-refractivity contribution in [1.82, 2.24) is 4.57 Å². The fourth-order valence-corrected chi connectivity index (χ4v) is 1.49. The lowest BCUT2D eigenvalue weighted by molar-refractivity contribution is 0.865. The Morgan fingerprint density at radius 1 is 1.27 bits per heavy atom. The van der Waals surface area contributed by atoms with Crippen molar-refractivity contribution >= 4 is 23.5 Å². The molecular weight excluding hydrogens is 154 g/mol. The van der Waals surface area contributed by atoms with E-state index >= 15 is 0 Å². The van der Waals surface area contributed by atoms with Crippen LogP contribution in [0.25, 0.3) is 10.9 Å². The number of benzene rings is 1. The number of fused-ring (bicyclic) bond motifs is 1. The van der Waals surface area contributed by atoms with E-state index in [1.54, 1.807) is 0 Å². The zero-order chi connectivity index (χ0) is 7.84. The van der Waals surface area contributed by atoms with Crippen LogP contribution in [0.4, 0.5) is 0 Å². The van der Waals surface area contributed by atoms with Gasteiger partial charge in [0.25, 0.3) is 0 Å². The fraction of sp³-hybridized carbons (Fsp3) is 0.111. The highest BCUT2D eigenvalue weighted by molar-refractivity contribution is 7.58. The molecule has 0 unspecified atom stereocenters. The molecule has 2 aromatic rings. The molecule has 0 aliphatic rings. The molecule has 0 aliphatic carbocycles. The minimum atomic E-state index is 0.895. The topological polar surface area (TPSA) is 4.93 Å². The van der Waals surface area contributed by atoms with Crippen molar-refractivity contribution in [3.63, 3.8) is 0 Å². The van der Waals surface area contributed by atoms with Crippen LogP contribution in [0.15, 0.2) is 35.4 Å². The van der Waals surface area contributed by atoms with Crippen molar-refractivity contribution in [3.8, 4) is 0 Å². The number of nitrogens with zero attached hydrogens (tertiary/aromatic N) is 1. The summed E-state index contributed by atoms with van der Waals surface area (Å²) in [6.45, 7) is 0. The highest BCUT2D eigenvalue weighted by Gasteiger charge is 1.94. The lowest BCUT2D eigenvalue weighted by Crippen LogP contribution is -1.87. The third-order valence-electron chi connectivity index (χ3n) is 1.91. The molecule has 1 nitrogen and oxygen atoms in total. The molecule has 0 amide bonds. The van der Waals surface area contributed by atoms with Crippen LogP contribution in [0, 0.1) is 0 Å². The summed E-state index contributed by atoms with van der Waals surface area (Å²) in [5.74, 6) is 0. The summed E-state index contributed by atoms with van der Waals surface area (Å²) in [6.07, 6.45) is 0. The van der Waals surface area contributed by atoms with E-state index in [-0.39, 0.29) is 0 Å². The molecule has 1 aromatic heterocycles. The van der Waals surface area contributed by atoms with Crippen molar-refractivity contribution in [1.29, 1.82) is 0 Å². The van der Waals surface area contributed by atoms with Gasteiger partial charge in [-0.25, -0.2) is 0 Å². The third-order valence-corrected chi connectivity index (χ3v) is 2.30. The zero-order valence-corrected chi connectivity index (χ0v) is 7.06. The van der Waals surface area contributed by atoms with Crippen molar-refractivity contribution in [3.05, 3.63) is 30.3 Å². The molecule has 1 aromatic carbocycles. The fourth-order valence-electron chi connectivity index (χ4n) is 1.26. The van der Waals surface area contributed by atoms with E-state index in [9.17, 15) is 0 Å². The van der Waals surface area contributed by atoms with Gasteiger partial charge in [0.05, 0.1) is 0 Å². The van der Waals surface area contributed by atoms with E-state index in [0.717, 1.165) is 5.03 Å². The SMILES string of the molecule is Cn1c([S-])cc2ccccc21. The maximum absolute atomic E-state index is 5.12. The first-order chi connectivity index (χ1) is 5.29. The predicted molar refractivity (Wildman–Crippen MR) is 48.6 cm³/mol. The number of hydrogen-bond acceptors (Lipinski definition) is 1. The molecule has 0 bridgehead atoms. The van der Waals surface area contributed by atoms with Gasteiger partial charge < -0.3 is 17.2 Å². The van der Waals surface area contributed by atoms with Crippen LogP contribution in [0.5, 0.6) is 0 Å². The molecular formula is C9H8NS-. The number of para-hydroxylation sites is 1. The lowest BCUT2D eigenvalue weighted by atomic mass is 10.2. The van der Waals surface area contributed by atoms with E-state index in [1.807, 2.05) is 29.8 Å². The summed E-state index contributed by atoms with van der Waals surface area (Å²) in [4.78, 5) is 0. The third kappa shape index (κ3) is 0.906. The second kappa shape index (κ2) is 2.24. The Balaban J connectivity index is 2.92. The highest BCUT2D eigenvalue weighted by Crippen LogP contribution is 2.17. The minimum Gasteiger partial charge on any atom is -0.762 e. The first-order valence-electron chi connectivity index (χ1n) is 3.50. The summed E-state index contributed by atoms with van der Waals surface area (Å²) in [5, 5.41) is 2.12. The molecule has 0 spiro atoms. The summed E-state index contributed by atoms with van der Waals surface area (Å²) < 4.78 is 2.02. The van der Waals surface area contributed by atoms with Gasteiger partial charge >= 0.3 is 0 Å². The van der Waals surface area contributed by atoms with Gasteiger partial charge in [-0.2, -0.15) is 0 Å². The van der Waals surface area contributed by atoms with Crippen LogP contribution >= 0.6 is 0 Å².